The third-order valence-corrected chi connectivity index (χ3v) is 5.30. The summed E-state index contributed by atoms with van der Waals surface area (Å²) in [6, 6.07) is 20.5. The van der Waals surface area contributed by atoms with Gasteiger partial charge < -0.3 is 9.64 Å². The molecule has 4 heteroatoms. The number of esters is 1. The van der Waals surface area contributed by atoms with Gasteiger partial charge in [0.2, 0.25) is 5.91 Å². The number of hydrogen-bond acceptors (Lipinski definition) is 3. The lowest BCUT2D eigenvalue weighted by Crippen LogP contribution is -2.41. The summed E-state index contributed by atoms with van der Waals surface area (Å²) < 4.78 is 5.09. The van der Waals surface area contributed by atoms with Crippen molar-refractivity contribution in [1.82, 2.24) is 0 Å². The minimum absolute atomic E-state index is 0.0352. The monoisotopic (exact) mass is 373 g/mol. The molecule has 0 saturated carbocycles. The minimum atomic E-state index is -0.385. The fourth-order valence-electron chi connectivity index (χ4n) is 4.09. The fourth-order valence-corrected chi connectivity index (χ4v) is 4.09. The SMILES string of the molecule is CCOC(=O)CN1C(=O)CC(c2cccc(C)c2)c2c1ccc1ccccc21. The average molecular weight is 373 g/mol. The number of ether oxygens (including phenoxy) is 1. The molecule has 3 aromatic rings. The normalized spacial score (nSPS) is 16.1. The van der Waals surface area contributed by atoms with Crippen molar-refractivity contribution in [3.8, 4) is 0 Å². The van der Waals surface area contributed by atoms with Crippen LogP contribution in [0.5, 0.6) is 0 Å². The number of aryl methyl sites for hydroxylation is 1. The lowest BCUT2D eigenvalue weighted by molar-refractivity contribution is -0.142. The van der Waals surface area contributed by atoms with Crippen molar-refractivity contribution in [3.05, 3.63) is 77.4 Å². The molecule has 0 aromatic heterocycles. The van der Waals surface area contributed by atoms with E-state index in [0.717, 1.165) is 27.6 Å². The van der Waals surface area contributed by atoms with Crippen molar-refractivity contribution in [2.75, 3.05) is 18.1 Å². The molecule has 1 unspecified atom stereocenters. The number of nitrogens with zero attached hydrogens (tertiary/aromatic N) is 1. The van der Waals surface area contributed by atoms with E-state index in [9.17, 15) is 9.59 Å². The number of amides is 1. The van der Waals surface area contributed by atoms with Crippen LogP contribution in [-0.4, -0.2) is 25.0 Å². The molecule has 0 saturated heterocycles. The van der Waals surface area contributed by atoms with Gasteiger partial charge in [0, 0.05) is 18.0 Å². The Morgan fingerprint density at radius 3 is 2.71 bits per heavy atom. The van der Waals surface area contributed by atoms with E-state index in [1.165, 1.54) is 5.56 Å². The highest BCUT2D eigenvalue weighted by Crippen LogP contribution is 2.44. The van der Waals surface area contributed by atoms with Crippen LogP contribution >= 0.6 is 0 Å². The molecule has 0 aliphatic carbocycles. The highest BCUT2D eigenvalue weighted by atomic mass is 16.5. The summed E-state index contributed by atoms with van der Waals surface area (Å²) in [6.07, 6.45) is 0.337. The summed E-state index contributed by atoms with van der Waals surface area (Å²) >= 11 is 0. The van der Waals surface area contributed by atoms with Gasteiger partial charge in [-0.05, 0) is 41.8 Å². The lowest BCUT2D eigenvalue weighted by atomic mass is 9.81. The van der Waals surface area contributed by atoms with Crippen LogP contribution in [0.4, 0.5) is 5.69 Å². The second kappa shape index (κ2) is 7.47. The molecule has 3 aromatic carbocycles. The predicted molar refractivity (Wildman–Crippen MR) is 111 cm³/mol. The first kappa shape index (κ1) is 18.2. The first-order valence-electron chi connectivity index (χ1n) is 9.62. The number of hydrogen-bond donors (Lipinski definition) is 0. The molecule has 142 valence electrons. The highest BCUT2D eigenvalue weighted by molar-refractivity contribution is 6.05. The number of rotatable bonds is 4. The largest absolute Gasteiger partial charge is 0.465 e. The van der Waals surface area contributed by atoms with Crippen LogP contribution in [0.1, 0.15) is 36.0 Å². The molecule has 4 rings (SSSR count). The first-order chi connectivity index (χ1) is 13.6. The molecule has 1 heterocycles. The maximum absolute atomic E-state index is 13.0. The van der Waals surface area contributed by atoms with E-state index in [1.54, 1.807) is 11.8 Å². The maximum Gasteiger partial charge on any atom is 0.326 e. The van der Waals surface area contributed by atoms with Gasteiger partial charge in [-0.25, -0.2) is 0 Å². The van der Waals surface area contributed by atoms with Crippen LogP contribution in [0.25, 0.3) is 10.8 Å². The van der Waals surface area contributed by atoms with Gasteiger partial charge in [-0.15, -0.1) is 0 Å². The highest BCUT2D eigenvalue weighted by Gasteiger charge is 2.34. The van der Waals surface area contributed by atoms with Gasteiger partial charge in [-0.1, -0.05) is 60.2 Å². The van der Waals surface area contributed by atoms with E-state index in [-0.39, 0.29) is 24.3 Å². The summed E-state index contributed by atoms with van der Waals surface area (Å²) in [5, 5.41) is 2.25. The fraction of sp³-hybridized carbons (Fsp3) is 0.250. The molecule has 4 nitrogen and oxygen atoms in total. The van der Waals surface area contributed by atoms with Gasteiger partial charge in [0.1, 0.15) is 6.54 Å². The molecule has 1 amide bonds. The zero-order valence-electron chi connectivity index (χ0n) is 16.1. The Hall–Kier alpha value is -3.14. The summed E-state index contributed by atoms with van der Waals surface area (Å²) in [4.78, 5) is 26.7. The summed E-state index contributed by atoms with van der Waals surface area (Å²) in [5.74, 6) is -0.474. The predicted octanol–water partition coefficient (Wildman–Crippen LogP) is 4.58. The van der Waals surface area contributed by atoms with Crippen molar-refractivity contribution in [1.29, 1.82) is 0 Å². The van der Waals surface area contributed by atoms with Crippen molar-refractivity contribution in [2.45, 2.75) is 26.2 Å². The number of anilines is 1. The topological polar surface area (TPSA) is 46.6 Å². The molecule has 1 aliphatic heterocycles. The van der Waals surface area contributed by atoms with E-state index in [0.29, 0.717) is 13.0 Å². The van der Waals surface area contributed by atoms with Gasteiger partial charge >= 0.3 is 5.97 Å². The first-order valence-corrected chi connectivity index (χ1v) is 9.62. The molecular formula is C24H23NO3. The Kier molecular flexibility index (Phi) is 4.86. The number of carbonyl (C=O) groups excluding carboxylic acids is 2. The zero-order chi connectivity index (χ0) is 19.7. The van der Waals surface area contributed by atoms with Crippen LogP contribution in [0.2, 0.25) is 0 Å². The molecule has 0 fully saturated rings. The molecule has 0 radical (unpaired) electrons. The standard InChI is InChI=1S/C24H23NO3/c1-3-28-23(27)15-25-21-12-11-17-8-4-5-10-19(17)24(21)20(14-22(25)26)18-9-6-7-16(2)13-18/h4-13,20H,3,14-15H2,1-2H3. The van der Waals surface area contributed by atoms with Gasteiger partial charge in [-0.2, -0.15) is 0 Å². The average Bonchev–Trinajstić information content (AvgIpc) is 2.69. The van der Waals surface area contributed by atoms with E-state index >= 15 is 0 Å². The summed E-state index contributed by atoms with van der Waals surface area (Å²) in [5.41, 5.74) is 4.20. The van der Waals surface area contributed by atoms with E-state index in [1.807, 2.05) is 30.3 Å². The maximum atomic E-state index is 13.0. The van der Waals surface area contributed by atoms with Gasteiger partial charge in [0.25, 0.3) is 0 Å². The Labute approximate surface area is 164 Å². The lowest BCUT2D eigenvalue weighted by Gasteiger charge is -2.35. The van der Waals surface area contributed by atoms with Crippen LogP contribution in [-0.2, 0) is 14.3 Å². The van der Waals surface area contributed by atoms with E-state index < -0.39 is 0 Å². The Morgan fingerprint density at radius 1 is 1.11 bits per heavy atom. The molecule has 0 bridgehead atoms. The Morgan fingerprint density at radius 2 is 1.93 bits per heavy atom. The molecule has 0 spiro atoms. The molecular weight excluding hydrogens is 350 g/mol. The third-order valence-electron chi connectivity index (χ3n) is 5.30. The summed E-state index contributed by atoms with van der Waals surface area (Å²) in [6.45, 7) is 4.08. The third kappa shape index (κ3) is 3.26. The van der Waals surface area contributed by atoms with Crippen molar-refractivity contribution in [3.63, 3.8) is 0 Å². The van der Waals surface area contributed by atoms with Crippen molar-refractivity contribution >= 4 is 28.3 Å². The quantitative estimate of drug-likeness (QED) is 0.629. The molecule has 0 N–H and O–H groups in total. The van der Waals surface area contributed by atoms with Gasteiger partial charge in [-0.3, -0.25) is 9.59 Å². The molecule has 28 heavy (non-hydrogen) atoms. The number of fused-ring (bicyclic) bond motifs is 3. The minimum Gasteiger partial charge on any atom is -0.465 e. The van der Waals surface area contributed by atoms with Crippen LogP contribution < -0.4 is 4.90 Å². The van der Waals surface area contributed by atoms with Crippen LogP contribution in [0, 0.1) is 6.92 Å². The molecule has 1 atom stereocenters. The van der Waals surface area contributed by atoms with Gasteiger partial charge in [0.05, 0.1) is 6.61 Å². The Bertz CT molecular complexity index is 1060. The van der Waals surface area contributed by atoms with Crippen LogP contribution in [0.15, 0.2) is 60.7 Å². The smallest absolute Gasteiger partial charge is 0.326 e. The van der Waals surface area contributed by atoms with Gasteiger partial charge in [0.15, 0.2) is 0 Å². The van der Waals surface area contributed by atoms with E-state index in [4.69, 9.17) is 4.74 Å². The number of benzene rings is 3. The second-order valence-electron chi connectivity index (χ2n) is 7.18. The van der Waals surface area contributed by atoms with Crippen molar-refractivity contribution < 1.29 is 14.3 Å². The Balaban J connectivity index is 1.89. The zero-order valence-corrected chi connectivity index (χ0v) is 16.1. The van der Waals surface area contributed by atoms with Crippen LogP contribution in [0.3, 0.4) is 0 Å². The summed E-state index contributed by atoms with van der Waals surface area (Å²) in [7, 11) is 0. The second-order valence-corrected chi connectivity index (χ2v) is 7.18. The van der Waals surface area contributed by atoms with E-state index in [2.05, 4.69) is 37.3 Å². The van der Waals surface area contributed by atoms with Crippen molar-refractivity contribution in [2.24, 2.45) is 0 Å². The molecule has 1 aliphatic rings. The number of carbonyl (C=O) groups is 2.